The molecule has 0 saturated carbocycles. The largest absolute Gasteiger partial charge is 0.419 e. The minimum atomic E-state index is -4.65. The summed E-state index contributed by atoms with van der Waals surface area (Å²) in [7, 11) is 0. The van der Waals surface area contributed by atoms with Crippen molar-refractivity contribution in [1.82, 2.24) is 20.2 Å². The van der Waals surface area contributed by atoms with Crippen molar-refractivity contribution >= 4 is 23.3 Å². The maximum Gasteiger partial charge on any atom is 0.419 e. The number of hydrogen-bond acceptors (Lipinski definition) is 6. The van der Waals surface area contributed by atoms with Crippen LogP contribution in [0.2, 0.25) is 0 Å². The van der Waals surface area contributed by atoms with Gasteiger partial charge >= 0.3 is 6.18 Å². The molecule has 5 rings (SSSR count). The molecule has 0 radical (unpaired) electrons. The summed E-state index contributed by atoms with van der Waals surface area (Å²) in [5.74, 6) is -0.180. The number of likely N-dealkylation sites (tertiary alicyclic amines) is 1. The summed E-state index contributed by atoms with van der Waals surface area (Å²) in [6.45, 7) is 7.00. The Morgan fingerprint density at radius 1 is 1.07 bits per heavy atom. The molecule has 2 heterocycles. The predicted molar refractivity (Wildman–Crippen MR) is 151 cm³/mol. The Morgan fingerprint density at radius 3 is 2.56 bits per heavy atom. The number of amides is 1. The van der Waals surface area contributed by atoms with E-state index < -0.39 is 11.7 Å². The first-order chi connectivity index (χ1) is 19.7. The topological polar surface area (TPSA) is 87.2 Å². The van der Waals surface area contributed by atoms with E-state index in [1.807, 2.05) is 13.0 Å². The molecule has 0 atom stereocenters. The maximum atomic E-state index is 13.9. The average molecular weight is 566 g/mol. The Morgan fingerprint density at radius 2 is 1.85 bits per heavy atom. The van der Waals surface area contributed by atoms with Gasteiger partial charge in [-0.3, -0.25) is 9.59 Å². The molecule has 216 valence electrons. The van der Waals surface area contributed by atoms with Crippen LogP contribution >= 0.6 is 0 Å². The minimum absolute atomic E-state index is 0.0153. The predicted octanol–water partition coefficient (Wildman–Crippen LogP) is 5.74. The molecule has 2 aromatic carbocycles. The lowest BCUT2D eigenvalue weighted by atomic mass is 9.97. The second kappa shape index (κ2) is 12.0. The number of aryl methyl sites for hydroxylation is 2. The van der Waals surface area contributed by atoms with Crippen LogP contribution in [-0.4, -0.2) is 52.2 Å². The third-order valence-electron chi connectivity index (χ3n) is 8.03. The second-order valence-electron chi connectivity index (χ2n) is 10.6. The number of carbonyl (C=O) groups is 2. The Hall–Kier alpha value is -3.79. The number of fused-ring (bicyclic) bond motifs is 1. The van der Waals surface area contributed by atoms with Crippen LogP contribution in [0.25, 0.3) is 0 Å². The number of carbonyl (C=O) groups excluding carboxylic acids is 2. The molecule has 1 aromatic heterocycles. The first-order valence-corrected chi connectivity index (χ1v) is 14.2. The summed E-state index contributed by atoms with van der Waals surface area (Å²) in [4.78, 5) is 36.0. The Balaban J connectivity index is 1.36. The summed E-state index contributed by atoms with van der Waals surface area (Å²) < 4.78 is 41.7. The fraction of sp³-hybridized carbons (Fsp3) is 0.419. The number of piperidine rings is 1. The molecule has 1 fully saturated rings. The quantitative estimate of drug-likeness (QED) is 0.363. The van der Waals surface area contributed by atoms with Crippen molar-refractivity contribution in [2.45, 2.75) is 64.6 Å². The van der Waals surface area contributed by atoms with Crippen molar-refractivity contribution < 1.29 is 22.8 Å². The molecule has 1 aliphatic heterocycles. The monoisotopic (exact) mass is 565 g/mol. The van der Waals surface area contributed by atoms with Crippen molar-refractivity contribution in [2.75, 3.05) is 25.0 Å². The van der Waals surface area contributed by atoms with Crippen molar-refractivity contribution in [1.29, 1.82) is 0 Å². The molecule has 2 N–H and O–H groups in total. The smallest absolute Gasteiger partial charge is 0.349 e. The maximum absolute atomic E-state index is 13.9. The summed E-state index contributed by atoms with van der Waals surface area (Å²) >= 11 is 0. The number of halogens is 3. The van der Waals surface area contributed by atoms with Crippen LogP contribution in [0.5, 0.6) is 0 Å². The van der Waals surface area contributed by atoms with Gasteiger partial charge in [-0.15, -0.1) is 0 Å². The normalized spacial score (nSPS) is 16.1. The molecule has 0 unspecified atom stereocenters. The zero-order valence-electron chi connectivity index (χ0n) is 23.3. The van der Waals surface area contributed by atoms with Crippen LogP contribution in [0.4, 0.5) is 24.8 Å². The zero-order valence-corrected chi connectivity index (χ0v) is 23.3. The number of nitrogens with zero attached hydrogens (tertiary/aromatic N) is 3. The zero-order chi connectivity index (χ0) is 29.1. The Bertz CT molecular complexity index is 1450. The van der Waals surface area contributed by atoms with Crippen LogP contribution in [0.3, 0.4) is 0 Å². The van der Waals surface area contributed by atoms with Crippen molar-refractivity contribution in [3.8, 4) is 0 Å². The number of alkyl halides is 3. The van der Waals surface area contributed by atoms with E-state index in [4.69, 9.17) is 0 Å². The van der Waals surface area contributed by atoms with E-state index in [9.17, 15) is 22.8 Å². The van der Waals surface area contributed by atoms with E-state index in [-0.39, 0.29) is 35.8 Å². The number of anilines is 2. The lowest BCUT2D eigenvalue weighted by molar-refractivity contribution is -0.138. The molecule has 0 spiro atoms. The van der Waals surface area contributed by atoms with E-state index in [1.54, 1.807) is 30.3 Å². The van der Waals surface area contributed by atoms with E-state index in [0.29, 0.717) is 41.6 Å². The van der Waals surface area contributed by atoms with Crippen molar-refractivity contribution in [3.05, 3.63) is 81.7 Å². The van der Waals surface area contributed by atoms with Crippen molar-refractivity contribution in [2.24, 2.45) is 0 Å². The molecule has 0 bridgehead atoms. The number of rotatable bonds is 8. The van der Waals surface area contributed by atoms with Crippen LogP contribution in [0.15, 0.2) is 42.6 Å². The molecule has 1 saturated heterocycles. The number of benzene rings is 2. The van der Waals surface area contributed by atoms with Crippen LogP contribution in [-0.2, 0) is 25.4 Å². The van der Waals surface area contributed by atoms with Gasteiger partial charge in [0.05, 0.1) is 11.3 Å². The fourth-order valence-electron chi connectivity index (χ4n) is 5.70. The number of aromatic nitrogens is 2. The van der Waals surface area contributed by atoms with Gasteiger partial charge in [0.25, 0.3) is 5.91 Å². The second-order valence-corrected chi connectivity index (χ2v) is 10.6. The van der Waals surface area contributed by atoms with E-state index in [2.05, 4.69) is 32.4 Å². The molecule has 1 aliphatic carbocycles. The average Bonchev–Trinajstić information content (AvgIpc) is 3.34. The molecule has 10 heteroatoms. The molecule has 1 amide bonds. The first kappa shape index (κ1) is 28.7. The van der Waals surface area contributed by atoms with Crippen LogP contribution in [0.1, 0.15) is 81.8 Å². The van der Waals surface area contributed by atoms with Gasteiger partial charge in [0.1, 0.15) is 0 Å². The van der Waals surface area contributed by atoms with Gasteiger partial charge < -0.3 is 15.5 Å². The number of ketones is 1. The standard InChI is InChI=1S/C31H34F3N5O2/c1-3-19-16-22(29(41)36-23-12-14-39(4-2)15-13-23)8-10-25(19)37-30-35-18-24(31(32,33)34)26(38-30)17-21-7-5-6-20-9-11-27(40)28(20)21/h5-8,10,16,18,23H,3-4,9,11-15,17H2,1-2H3,(H,36,41)(H,35,37,38). The summed E-state index contributed by atoms with van der Waals surface area (Å²) in [5, 5.41) is 6.19. The highest BCUT2D eigenvalue weighted by Crippen LogP contribution is 2.34. The van der Waals surface area contributed by atoms with E-state index >= 15 is 0 Å². The SMILES string of the molecule is CCc1cc(C(=O)NC2CCN(CC)CC2)ccc1Nc1ncc(C(F)(F)F)c(Cc2cccc3c2C(=O)CC3)n1. The summed E-state index contributed by atoms with van der Waals surface area (Å²) in [6, 6.07) is 10.6. The van der Waals surface area contributed by atoms with Crippen LogP contribution in [0, 0.1) is 0 Å². The van der Waals surface area contributed by atoms with Gasteiger partial charge in [0, 0.05) is 55.0 Å². The molecule has 41 heavy (non-hydrogen) atoms. The fourth-order valence-corrected chi connectivity index (χ4v) is 5.70. The highest BCUT2D eigenvalue weighted by Gasteiger charge is 2.35. The minimum Gasteiger partial charge on any atom is -0.349 e. The van der Waals surface area contributed by atoms with E-state index in [1.165, 1.54) is 0 Å². The molecule has 3 aromatic rings. The van der Waals surface area contributed by atoms with Crippen molar-refractivity contribution in [3.63, 3.8) is 0 Å². The highest BCUT2D eigenvalue weighted by atomic mass is 19.4. The molecular weight excluding hydrogens is 531 g/mol. The Labute approximate surface area is 237 Å². The third kappa shape index (κ3) is 6.43. The molecular formula is C31H34F3N5O2. The molecule has 2 aliphatic rings. The summed E-state index contributed by atoms with van der Waals surface area (Å²) in [5.41, 5.74) is 2.72. The van der Waals surface area contributed by atoms with E-state index in [0.717, 1.165) is 49.8 Å². The first-order valence-electron chi connectivity index (χ1n) is 14.2. The third-order valence-corrected chi connectivity index (χ3v) is 8.03. The van der Waals surface area contributed by atoms with Gasteiger partial charge in [-0.1, -0.05) is 32.0 Å². The number of hydrogen-bond donors (Lipinski definition) is 2. The van der Waals surface area contributed by atoms with Gasteiger partial charge in [0.2, 0.25) is 5.95 Å². The lowest BCUT2D eigenvalue weighted by Crippen LogP contribution is -2.44. The Kier molecular flexibility index (Phi) is 8.40. The lowest BCUT2D eigenvalue weighted by Gasteiger charge is -2.31. The van der Waals surface area contributed by atoms with Gasteiger partial charge in [-0.05, 0) is 67.1 Å². The summed E-state index contributed by atoms with van der Waals surface area (Å²) in [6.07, 6.45) is -0.639. The van der Waals surface area contributed by atoms with Gasteiger partial charge in [-0.2, -0.15) is 13.2 Å². The van der Waals surface area contributed by atoms with Gasteiger partial charge in [-0.25, -0.2) is 9.97 Å². The highest BCUT2D eigenvalue weighted by molar-refractivity contribution is 6.01. The molecule has 7 nitrogen and oxygen atoms in total. The number of Topliss-reactive ketones (excluding diaryl/α,β-unsaturated/α-hetero) is 1. The van der Waals surface area contributed by atoms with Gasteiger partial charge in [0.15, 0.2) is 5.78 Å². The van der Waals surface area contributed by atoms with Crippen LogP contribution < -0.4 is 10.6 Å². The number of nitrogens with one attached hydrogen (secondary N) is 2.